The van der Waals surface area contributed by atoms with Crippen LogP contribution in [0.15, 0.2) is 0 Å². The first-order valence-electron chi connectivity index (χ1n) is 1.83. The molecule has 0 spiro atoms. The molecule has 0 saturated carbocycles. The van der Waals surface area contributed by atoms with Crippen molar-refractivity contribution < 1.29 is 9.72 Å². The maximum atomic E-state index is 9.40. The molecule has 4 nitrogen and oxygen atoms in total. The normalized spacial score (nSPS) is 7.00. The minimum absolute atomic E-state index is 0. The number of carbonyl (C=O) groups excluding carboxylic acids is 1. The summed E-state index contributed by atoms with van der Waals surface area (Å²) in [5, 5.41) is 9.40. The van der Waals surface area contributed by atoms with Gasteiger partial charge < -0.3 is 4.79 Å². The predicted molar refractivity (Wildman–Crippen MR) is 29.7 cm³/mol. The number of nitro groups is 1. The second kappa shape index (κ2) is 7.07. The molecular formula is C3H6NNaO3. The van der Waals surface area contributed by atoms with Gasteiger partial charge in [0.05, 0.1) is 6.42 Å². The Labute approximate surface area is 68.7 Å². The van der Waals surface area contributed by atoms with Gasteiger partial charge in [-0.15, -0.1) is 0 Å². The van der Waals surface area contributed by atoms with E-state index in [9.17, 15) is 14.9 Å². The van der Waals surface area contributed by atoms with Crippen LogP contribution in [0.4, 0.5) is 0 Å². The molecule has 0 radical (unpaired) electrons. The van der Waals surface area contributed by atoms with Crippen molar-refractivity contribution in [3.8, 4) is 0 Å². The van der Waals surface area contributed by atoms with Crippen LogP contribution < -0.4 is 0 Å². The van der Waals surface area contributed by atoms with E-state index in [1.807, 2.05) is 0 Å². The molecule has 0 bridgehead atoms. The molecule has 0 unspecified atom stereocenters. The van der Waals surface area contributed by atoms with E-state index in [0.717, 1.165) is 0 Å². The summed E-state index contributed by atoms with van der Waals surface area (Å²) in [4.78, 5) is 18.3. The summed E-state index contributed by atoms with van der Waals surface area (Å²) in [6.45, 7) is -0.247. The van der Waals surface area contributed by atoms with Crippen molar-refractivity contribution in [1.82, 2.24) is 0 Å². The number of rotatable bonds is 3. The summed E-state index contributed by atoms with van der Waals surface area (Å²) < 4.78 is 0. The molecule has 0 aromatic heterocycles. The second-order valence-electron chi connectivity index (χ2n) is 1.01. The standard InChI is InChI=1S/C3H5NO3.Na.H/c5-3-1-2-4(6)7;;/h3H,1-2H2;;. The fourth-order valence-electron chi connectivity index (χ4n) is 0.158. The zero-order chi connectivity index (χ0) is 5.70. The molecule has 8 heavy (non-hydrogen) atoms. The van der Waals surface area contributed by atoms with Crippen molar-refractivity contribution in [3.05, 3.63) is 10.1 Å². The summed E-state index contributed by atoms with van der Waals surface area (Å²) in [5.41, 5.74) is 0. The van der Waals surface area contributed by atoms with Gasteiger partial charge in [0.1, 0.15) is 6.29 Å². The molecule has 0 fully saturated rings. The Morgan fingerprint density at radius 2 is 2.12 bits per heavy atom. The number of hydrogen-bond donors (Lipinski definition) is 0. The van der Waals surface area contributed by atoms with Crippen LogP contribution in [0.2, 0.25) is 0 Å². The number of hydrogen-bond acceptors (Lipinski definition) is 3. The summed E-state index contributed by atoms with van der Waals surface area (Å²) in [7, 11) is 0. The average Bonchev–Trinajstić information content (AvgIpc) is 1.61. The molecule has 42 valence electrons. The summed E-state index contributed by atoms with van der Waals surface area (Å²) in [5.74, 6) is 0. The molecule has 0 saturated heterocycles. The molecule has 0 aliphatic rings. The van der Waals surface area contributed by atoms with Gasteiger partial charge in [-0.2, -0.15) is 0 Å². The first-order chi connectivity index (χ1) is 3.27. The Bertz CT molecular complexity index is 84.6. The second-order valence-corrected chi connectivity index (χ2v) is 1.01. The van der Waals surface area contributed by atoms with Gasteiger partial charge in [-0.25, -0.2) is 0 Å². The van der Waals surface area contributed by atoms with E-state index in [1.54, 1.807) is 0 Å². The van der Waals surface area contributed by atoms with Crippen molar-refractivity contribution in [3.63, 3.8) is 0 Å². The van der Waals surface area contributed by atoms with Crippen LogP contribution in [0.5, 0.6) is 0 Å². The molecule has 0 amide bonds. The molecule has 0 aromatic carbocycles. The first kappa shape index (κ1) is 10.9. The van der Waals surface area contributed by atoms with E-state index in [1.165, 1.54) is 0 Å². The fraction of sp³-hybridized carbons (Fsp3) is 0.667. The summed E-state index contributed by atoms with van der Waals surface area (Å²) in [6, 6.07) is 0. The van der Waals surface area contributed by atoms with Gasteiger partial charge in [-0.05, 0) is 0 Å². The van der Waals surface area contributed by atoms with Crippen molar-refractivity contribution in [1.29, 1.82) is 0 Å². The molecule has 0 aliphatic carbocycles. The van der Waals surface area contributed by atoms with E-state index in [4.69, 9.17) is 0 Å². The number of nitrogens with zero attached hydrogens (tertiary/aromatic N) is 1. The van der Waals surface area contributed by atoms with E-state index in [2.05, 4.69) is 0 Å². The Hall–Kier alpha value is 0.0700. The Morgan fingerprint density at radius 1 is 1.62 bits per heavy atom. The third kappa shape index (κ3) is 9.42. The monoisotopic (exact) mass is 127 g/mol. The van der Waals surface area contributed by atoms with Crippen LogP contribution in [-0.2, 0) is 4.79 Å². The topological polar surface area (TPSA) is 60.2 Å². The Morgan fingerprint density at radius 3 is 2.25 bits per heavy atom. The molecule has 0 rings (SSSR count). The van der Waals surface area contributed by atoms with Crippen molar-refractivity contribution >= 4 is 35.8 Å². The third-order valence-corrected chi connectivity index (χ3v) is 0.430. The number of carbonyl (C=O) groups is 1. The zero-order valence-corrected chi connectivity index (χ0v) is 3.66. The average molecular weight is 127 g/mol. The molecule has 0 atom stereocenters. The van der Waals surface area contributed by atoms with Gasteiger partial charge in [-0.3, -0.25) is 10.1 Å². The molecule has 0 aliphatic heterocycles. The molecular weight excluding hydrogens is 121 g/mol. The van der Waals surface area contributed by atoms with Crippen LogP contribution in [0.3, 0.4) is 0 Å². The van der Waals surface area contributed by atoms with Crippen molar-refractivity contribution in [2.24, 2.45) is 0 Å². The van der Waals surface area contributed by atoms with Gasteiger partial charge in [-0.1, -0.05) is 0 Å². The summed E-state index contributed by atoms with van der Waals surface area (Å²) >= 11 is 0. The molecule has 0 aromatic rings. The SMILES string of the molecule is O=CCC[N+](=O)[O-].[NaH]. The third-order valence-electron chi connectivity index (χ3n) is 0.430. The first-order valence-corrected chi connectivity index (χ1v) is 1.83. The Kier molecular flexibility index (Phi) is 9.68. The van der Waals surface area contributed by atoms with Gasteiger partial charge in [0.25, 0.3) is 0 Å². The zero-order valence-electron chi connectivity index (χ0n) is 3.66. The molecule has 0 heterocycles. The predicted octanol–water partition coefficient (Wildman–Crippen LogP) is -0.796. The van der Waals surface area contributed by atoms with Gasteiger partial charge in [0.15, 0.2) is 0 Å². The number of aldehydes is 1. The van der Waals surface area contributed by atoms with E-state index < -0.39 is 4.92 Å². The van der Waals surface area contributed by atoms with E-state index >= 15 is 0 Å². The van der Waals surface area contributed by atoms with Crippen LogP contribution in [0.25, 0.3) is 0 Å². The van der Waals surface area contributed by atoms with Crippen LogP contribution >= 0.6 is 0 Å². The minimum atomic E-state index is -0.519. The van der Waals surface area contributed by atoms with Crippen LogP contribution in [0, 0.1) is 10.1 Å². The van der Waals surface area contributed by atoms with E-state index in [0.29, 0.717) is 6.29 Å². The quantitative estimate of drug-likeness (QED) is 0.216. The van der Waals surface area contributed by atoms with Gasteiger partial charge >= 0.3 is 29.6 Å². The summed E-state index contributed by atoms with van der Waals surface area (Å²) in [6.07, 6.45) is 0.551. The van der Waals surface area contributed by atoms with Crippen LogP contribution in [0.1, 0.15) is 6.42 Å². The van der Waals surface area contributed by atoms with Crippen molar-refractivity contribution in [2.75, 3.05) is 6.54 Å². The van der Waals surface area contributed by atoms with Gasteiger partial charge in [0.2, 0.25) is 6.54 Å². The van der Waals surface area contributed by atoms with Gasteiger partial charge in [0, 0.05) is 4.92 Å². The van der Waals surface area contributed by atoms with E-state index in [-0.39, 0.29) is 42.5 Å². The Balaban J connectivity index is 0. The fourth-order valence-corrected chi connectivity index (χ4v) is 0.158. The van der Waals surface area contributed by atoms with Crippen molar-refractivity contribution in [2.45, 2.75) is 6.42 Å². The molecule has 0 N–H and O–H groups in total. The molecule has 5 heteroatoms. The van der Waals surface area contributed by atoms with Crippen LogP contribution in [-0.4, -0.2) is 47.3 Å². The maximum absolute atomic E-state index is 9.40.